The molecule has 1 fully saturated rings. The van der Waals surface area contributed by atoms with Crippen molar-refractivity contribution < 1.29 is 14.3 Å². The number of hydrogen-bond donors (Lipinski definition) is 1. The molecule has 5 nitrogen and oxygen atoms in total. The van der Waals surface area contributed by atoms with Crippen molar-refractivity contribution in [1.29, 1.82) is 0 Å². The van der Waals surface area contributed by atoms with E-state index in [1.165, 1.54) is 6.42 Å². The molecule has 1 heterocycles. The van der Waals surface area contributed by atoms with Crippen molar-refractivity contribution in [2.45, 2.75) is 51.9 Å². The van der Waals surface area contributed by atoms with Crippen LogP contribution >= 0.6 is 0 Å². The maximum absolute atomic E-state index is 11.9. The number of unbranched alkanes of at least 4 members (excludes halogenated alkanes) is 2. The summed E-state index contributed by atoms with van der Waals surface area (Å²) in [7, 11) is 0. The molecular weight excluding hydrogens is 256 g/mol. The molecule has 1 aliphatic rings. The zero-order chi connectivity index (χ0) is 14.6. The first-order valence-corrected chi connectivity index (χ1v) is 7.88. The highest BCUT2D eigenvalue weighted by Gasteiger charge is 2.15. The monoisotopic (exact) mass is 284 g/mol. The summed E-state index contributed by atoms with van der Waals surface area (Å²) in [5.74, 6) is 0.108. The van der Waals surface area contributed by atoms with Gasteiger partial charge in [0.2, 0.25) is 5.91 Å². The minimum absolute atomic E-state index is 0.110. The zero-order valence-electron chi connectivity index (χ0n) is 12.7. The maximum atomic E-state index is 11.9. The third-order valence-corrected chi connectivity index (χ3v) is 3.52. The summed E-state index contributed by atoms with van der Waals surface area (Å²) >= 11 is 0. The SMILES string of the molecule is CCOC(=O)CCCCCNCC(=O)N1CCCCC1. The van der Waals surface area contributed by atoms with Crippen molar-refractivity contribution in [3.63, 3.8) is 0 Å². The van der Waals surface area contributed by atoms with E-state index in [9.17, 15) is 9.59 Å². The Morgan fingerprint density at radius 3 is 2.55 bits per heavy atom. The Labute approximate surface area is 122 Å². The third-order valence-electron chi connectivity index (χ3n) is 3.52. The van der Waals surface area contributed by atoms with Crippen LogP contribution in [0.1, 0.15) is 51.9 Å². The molecule has 1 rings (SSSR count). The van der Waals surface area contributed by atoms with Gasteiger partial charge in [0, 0.05) is 19.5 Å². The second-order valence-corrected chi connectivity index (χ2v) is 5.23. The van der Waals surface area contributed by atoms with E-state index < -0.39 is 0 Å². The van der Waals surface area contributed by atoms with E-state index in [1.54, 1.807) is 0 Å². The molecule has 0 aliphatic carbocycles. The van der Waals surface area contributed by atoms with Gasteiger partial charge in [0.1, 0.15) is 0 Å². The minimum Gasteiger partial charge on any atom is -0.466 e. The maximum Gasteiger partial charge on any atom is 0.305 e. The van der Waals surface area contributed by atoms with E-state index in [-0.39, 0.29) is 11.9 Å². The molecule has 0 spiro atoms. The highest BCUT2D eigenvalue weighted by molar-refractivity contribution is 5.78. The van der Waals surface area contributed by atoms with Gasteiger partial charge in [-0.2, -0.15) is 0 Å². The van der Waals surface area contributed by atoms with E-state index in [0.717, 1.165) is 51.7 Å². The summed E-state index contributed by atoms with van der Waals surface area (Å²) in [6.45, 7) is 5.39. The van der Waals surface area contributed by atoms with E-state index in [4.69, 9.17) is 4.74 Å². The lowest BCUT2D eigenvalue weighted by Crippen LogP contribution is -2.41. The number of hydrogen-bond acceptors (Lipinski definition) is 4. The number of rotatable bonds is 9. The molecule has 5 heteroatoms. The van der Waals surface area contributed by atoms with Crippen molar-refractivity contribution in [3.05, 3.63) is 0 Å². The van der Waals surface area contributed by atoms with Crippen molar-refractivity contribution in [1.82, 2.24) is 10.2 Å². The molecule has 0 bridgehead atoms. The number of esters is 1. The normalized spacial score (nSPS) is 15.2. The second-order valence-electron chi connectivity index (χ2n) is 5.23. The predicted molar refractivity (Wildman–Crippen MR) is 78.4 cm³/mol. The topological polar surface area (TPSA) is 58.6 Å². The summed E-state index contributed by atoms with van der Waals surface area (Å²) in [5.41, 5.74) is 0. The standard InChI is InChI=1S/C15H28N2O3/c1-2-20-15(19)9-5-3-6-10-16-13-14(18)17-11-7-4-8-12-17/h16H,2-13H2,1H3. The van der Waals surface area contributed by atoms with Crippen molar-refractivity contribution in [2.75, 3.05) is 32.8 Å². The van der Waals surface area contributed by atoms with Crippen LogP contribution in [-0.2, 0) is 14.3 Å². The smallest absolute Gasteiger partial charge is 0.305 e. The molecule has 1 aliphatic heterocycles. The molecule has 20 heavy (non-hydrogen) atoms. The van der Waals surface area contributed by atoms with Gasteiger partial charge in [0.15, 0.2) is 0 Å². The van der Waals surface area contributed by atoms with Crippen LogP contribution in [0.4, 0.5) is 0 Å². The number of nitrogens with zero attached hydrogens (tertiary/aromatic N) is 1. The molecule has 0 radical (unpaired) electrons. The van der Waals surface area contributed by atoms with Gasteiger partial charge in [0.25, 0.3) is 0 Å². The van der Waals surface area contributed by atoms with Gasteiger partial charge < -0.3 is 15.0 Å². The van der Waals surface area contributed by atoms with Gasteiger partial charge >= 0.3 is 5.97 Å². The summed E-state index contributed by atoms with van der Waals surface area (Å²) in [6, 6.07) is 0. The Hall–Kier alpha value is -1.10. The van der Waals surface area contributed by atoms with E-state index in [2.05, 4.69) is 5.32 Å². The van der Waals surface area contributed by atoms with Crippen LogP contribution in [0.25, 0.3) is 0 Å². The van der Waals surface area contributed by atoms with Crippen LogP contribution in [0.3, 0.4) is 0 Å². The first kappa shape index (κ1) is 17.0. The fourth-order valence-corrected chi connectivity index (χ4v) is 2.38. The summed E-state index contributed by atoms with van der Waals surface area (Å²) in [5, 5.41) is 3.19. The highest BCUT2D eigenvalue weighted by Crippen LogP contribution is 2.08. The molecule has 0 saturated carbocycles. The molecule has 1 amide bonds. The number of nitrogens with one attached hydrogen (secondary N) is 1. The van der Waals surface area contributed by atoms with Gasteiger partial charge in [-0.3, -0.25) is 9.59 Å². The Morgan fingerprint density at radius 1 is 1.10 bits per heavy atom. The number of ether oxygens (including phenoxy) is 1. The molecule has 0 aromatic rings. The lowest BCUT2D eigenvalue weighted by atomic mass is 10.1. The fraction of sp³-hybridized carbons (Fsp3) is 0.867. The van der Waals surface area contributed by atoms with Crippen LogP contribution in [0.5, 0.6) is 0 Å². The first-order chi connectivity index (χ1) is 9.74. The van der Waals surface area contributed by atoms with Crippen LogP contribution in [0.15, 0.2) is 0 Å². The lowest BCUT2D eigenvalue weighted by Gasteiger charge is -2.26. The average molecular weight is 284 g/mol. The van der Waals surface area contributed by atoms with Gasteiger partial charge in [-0.05, 0) is 45.6 Å². The summed E-state index contributed by atoms with van der Waals surface area (Å²) in [6.07, 6.45) is 6.87. The first-order valence-electron chi connectivity index (χ1n) is 7.88. The Bertz CT molecular complexity index is 289. The number of amides is 1. The molecule has 1 saturated heterocycles. The number of carbonyl (C=O) groups is 2. The van der Waals surface area contributed by atoms with E-state index >= 15 is 0 Å². The Kier molecular flexibility index (Phi) is 9.04. The van der Waals surface area contributed by atoms with E-state index in [0.29, 0.717) is 19.6 Å². The summed E-state index contributed by atoms with van der Waals surface area (Å²) < 4.78 is 4.86. The van der Waals surface area contributed by atoms with Gasteiger partial charge in [-0.15, -0.1) is 0 Å². The number of piperidine rings is 1. The van der Waals surface area contributed by atoms with Crippen molar-refractivity contribution in [2.24, 2.45) is 0 Å². The van der Waals surface area contributed by atoms with Crippen LogP contribution < -0.4 is 5.32 Å². The third kappa shape index (κ3) is 7.48. The van der Waals surface area contributed by atoms with Gasteiger partial charge in [-0.1, -0.05) is 6.42 Å². The number of likely N-dealkylation sites (tertiary alicyclic amines) is 1. The molecule has 116 valence electrons. The summed E-state index contributed by atoms with van der Waals surface area (Å²) in [4.78, 5) is 24.9. The molecule has 0 aromatic heterocycles. The fourth-order valence-electron chi connectivity index (χ4n) is 2.38. The minimum atomic E-state index is -0.110. The molecule has 0 atom stereocenters. The molecule has 0 unspecified atom stereocenters. The zero-order valence-corrected chi connectivity index (χ0v) is 12.7. The van der Waals surface area contributed by atoms with Gasteiger partial charge in [0.05, 0.1) is 13.2 Å². The van der Waals surface area contributed by atoms with Crippen molar-refractivity contribution in [3.8, 4) is 0 Å². The predicted octanol–water partition coefficient (Wildman–Crippen LogP) is 1.71. The molecular formula is C15H28N2O3. The van der Waals surface area contributed by atoms with Crippen LogP contribution in [0.2, 0.25) is 0 Å². The quantitative estimate of drug-likeness (QED) is 0.517. The Balaban J connectivity index is 1.91. The Morgan fingerprint density at radius 2 is 1.85 bits per heavy atom. The number of carbonyl (C=O) groups excluding carboxylic acids is 2. The average Bonchev–Trinajstić information content (AvgIpc) is 2.47. The van der Waals surface area contributed by atoms with Crippen LogP contribution in [-0.4, -0.2) is 49.6 Å². The van der Waals surface area contributed by atoms with Gasteiger partial charge in [-0.25, -0.2) is 0 Å². The lowest BCUT2D eigenvalue weighted by molar-refractivity contribution is -0.143. The van der Waals surface area contributed by atoms with E-state index in [1.807, 2.05) is 11.8 Å². The highest BCUT2D eigenvalue weighted by atomic mass is 16.5. The molecule has 1 N–H and O–H groups in total. The largest absolute Gasteiger partial charge is 0.466 e. The van der Waals surface area contributed by atoms with Crippen LogP contribution in [0, 0.1) is 0 Å². The van der Waals surface area contributed by atoms with Crippen molar-refractivity contribution >= 4 is 11.9 Å². The second kappa shape index (κ2) is 10.7. The molecule has 0 aromatic carbocycles.